The lowest BCUT2D eigenvalue weighted by Gasteiger charge is -2.57. The van der Waals surface area contributed by atoms with Crippen LogP contribution in [0.25, 0.3) is 0 Å². The van der Waals surface area contributed by atoms with E-state index in [1.165, 1.54) is 0 Å². The second kappa shape index (κ2) is 9.96. The van der Waals surface area contributed by atoms with Crippen LogP contribution in [0.3, 0.4) is 0 Å². The molecule has 2 aromatic carbocycles. The van der Waals surface area contributed by atoms with Gasteiger partial charge in [0, 0.05) is 18.6 Å². The van der Waals surface area contributed by atoms with Crippen LogP contribution in [-0.2, 0) is 22.7 Å². The molecule has 0 aliphatic carbocycles. The lowest BCUT2D eigenvalue weighted by molar-refractivity contribution is -0.206. The molecule has 0 spiro atoms. The highest BCUT2D eigenvalue weighted by Crippen LogP contribution is 2.38. The Balaban J connectivity index is 1.58. The van der Waals surface area contributed by atoms with E-state index in [4.69, 9.17) is 4.74 Å². The molecule has 0 saturated carbocycles. The number of hydrogen-bond donors (Lipinski definition) is 0. The number of hydrogen-bond acceptors (Lipinski definition) is 4. The number of β-lactam (4-membered cyclic amide) rings is 1. The van der Waals surface area contributed by atoms with Gasteiger partial charge < -0.3 is 4.74 Å². The molecule has 6 nitrogen and oxygen atoms in total. The third-order valence-electron chi connectivity index (χ3n) is 6.89. The van der Waals surface area contributed by atoms with Gasteiger partial charge >= 0.3 is 6.09 Å². The zero-order chi connectivity index (χ0) is 23.5. The van der Waals surface area contributed by atoms with Crippen molar-refractivity contribution in [2.45, 2.75) is 77.9 Å². The van der Waals surface area contributed by atoms with Crippen molar-refractivity contribution in [3.63, 3.8) is 0 Å². The molecule has 0 unspecified atom stereocenters. The van der Waals surface area contributed by atoms with Gasteiger partial charge in [-0.25, -0.2) is 9.80 Å². The third-order valence-corrected chi connectivity index (χ3v) is 6.89. The SMILES string of the molecule is CC(C)[C@@H]1[C@@H](N(Cc2ccccc2)C(=O)OCc2ccccc2)C(=O)N1N1[C@H](C)CC[C@H]1C. The van der Waals surface area contributed by atoms with Crippen molar-refractivity contribution in [1.82, 2.24) is 14.9 Å². The van der Waals surface area contributed by atoms with Crippen molar-refractivity contribution in [3.05, 3.63) is 71.8 Å². The number of hydrazine groups is 1. The number of benzene rings is 2. The Labute approximate surface area is 197 Å². The van der Waals surface area contributed by atoms with Crippen LogP contribution in [0.2, 0.25) is 0 Å². The Hall–Kier alpha value is -2.86. The van der Waals surface area contributed by atoms with Crippen LogP contribution >= 0.6 is 0 Å². The van der Waals surface area contributed by atoms with E-state index in [0.717, 1.165) is 24.0 Å². The van der Waals surface area contributed by atoms with Crippen molar-refractivity contribution in [2.75, 3.05) is 0 Å². The molecule has 2 aromatic rings. The van der Waals surface area contributed by atoms with Gasteiger partial charge in [0.05, 0.1) is 6.04 Å². The topological polar surface area (TPSA) is 53.1 Å². The van der Waals surface area contributed by atoms with E-state index in [0.29, 0.717) is 18.6 Å². The zero-order valence-electron chi connectivity index (χ0n) is 20.1. The smallest absolute Gasteiger partial charge is 0.411 e. The van der Waals surface area contributed by atoms with E-state index in [1.54, 1.807) is 4.90 Å². The maximum Gasteiger partial charge on any atom is 0.411 e. The minimum absolute atomic E-state index is 0.0121. The number of nitrogens with zero attached hydrogens (tertiary/aromatic N) is 3. The molecule has 0 radical (unpaired) electrons. The molecule has 2 fully saturated rings. The first-order valence-corrected chi connectivity index (χ1v) is 12.0. The molecule has 0 N–H and O–H groups in total. The molecular weight excluding hydrogens is 414 g/mol. The van der Waals surface area contributed by atoms with Crippen LogP contribution in [0.4, 0.5) is 4.79 Å². The predicted octanol–water partition coefficient (Wildman–Crippen LogP) is 4.85. The first-order chi connectivity index (χ1) is 15.9. The number of ether oxygens (including phenoxy) is 1. The summed E-state index contributed by atoms with van der Waals surface area (Å²) in [4.78, 5) is 28.6. The Morgan fingerprint density at radius 2 is 1.52 bits per heavy atom. The van der Waals surface area contributed by atoms with Crippen molar-refractivity contribution < 1.29 is 14.3 Å². The van der Waals surface area contributed by atoms with Gasteiger partial charge in [0.15, 0.2) is 0 Å². The number of amides is 2. The summed E-state index contributed by atoms with van der Waals surface area (Å²) < 4.78 is 5.70. The molecule has 2 amide bonds. The molecular formula is C27H35N3O3. The van der Waals surface area contributed by atoms with Gasteiger partial charge in [-0.05, 0) is 43.7 Å². The molecule has 4 atom stereocenters. The van der Waals surface area contributed by atoms with Crippen LogP contribution in [0.5, 0.6) is 0 Å². The fraction of sp³-hybridized carbons (Fsp3) is 0.481. The standard InChI is InChI=1S/C27H35N3O3/c1-19(2)24-25(26(31)30(24)29-20(3)15-16-21(29)4)28(17-22-11-7-5-8-12-22)27(32)33-18-23-13-9-6-10-14-23/h5-14,19-21,24-25H,15-18H2,1-4H3/t20-,21-,24-,25-/m1/s1. The summed E-state index contributed by atoms with van der Waals surface area (Å²) in [5.41, 5.74) is 1.90. The van der Waals surface area contributed by atoms with Crippen molar-refractivity contribution in [1.29, 1.82) is 0 Å². The van der Waals surface area contributed by atoms with Crippen molar-refractivity contribution >= 4 is 12.0 Å². The van der Waals surface area contributed by atoms with E-state index in [2.05, 4.69) is 32.7 Å². The summed E-state index contributed by atoms with van der Waals surface area (Å²) in [6, 6.07) is 19.5. The van der Waals surface area contributed by atoms with Crippen LogP contribution in [0, 0.1) is 5.92 Å². The average molecular weight is 450 g/mol. The van der Waals surface area contributed by atoms with Crippen LogP contribution in [0.1, 0.15) is 51.7 Å². The number of carbonyl (C=O) groups excluding carboxylic acids is 2. The number of carbonyl (C=O) groups is 2. The van der Waals surface area contributed by atoms with Crippen molar-refractivity contribution in [3.8, 4) is 0 Å². The highest BCUT2D eigenvalue weighted by atomic mass is 16.6. The summed E-state index contributed by atoms with van der Waals surface area (Å²) >= 11 is 0. The van der Waals surface area contributed by atoms with Crippen molar-refractivity contribution in [2.24, 2.45) is 5.92 Å². The Bertz CT molecular complexity index is 940. The fourth-order valence-electron chi connectivity index (χ4n) is 5.18. The van der Waals surface area contributed by atoms with Crippen LogP contribution in [0.15, 0.2) is 60.7 Å². The minimum atomic E-state index is -0.534. The van der Waals surface area contributed by atoms with E-state index >= 15 is 0 Å². The van der Waals surface area contributed by atoms with Gasteiger partial charge in [-0.2, -0.15) is 0 Å². The molecule has 0 aromatic heterocycles. The molecule has 2 heterocycles. The van der Waals surface area contributed by atoms with Gasteiger partial charge in [0.2, 0.25) is 0 Å². The Morgan fingerprint density at radius 1 is 0.970 bits per heavy atom. The van der Waals surface area contributed by atoms with Gasteiger partial charge in [-0.1, -0.05) is 74.5 Å². The minimum Gasteiger partial charge on any atom is -0.445 e. The molecule has 0 bridgehead atoms. The summed E-state index contributed by atoms with van der Waals surface area (Å²) in [6.45, 7) is 9.13. The second-order valence-electron chi connectivity index (χ2n) is 9.67. The molecule has 176 valence electrons. The van der Waals surface area contributed by atoms with E-state index in [-0.39, 0.29) is 24.5 Å². The van der Waals surface area contributed by atoms with Gasteiger partial charge in [0.1, 0.15) is 12.6 Å². The molecule has 2 saturated heterocycles. The maximum atomic E-state index is 13.6. The van der Waals surface area contributed by atoms with Gasteiger partial charge in [-0.15, -0.1) is 0 Å². The molecule has 4 rings (SSSR count). The third kappa shape index (κ3) is 4.76. The molecule has 2 aliphatic rings. The fourth-order valence-corrected chi connectivity index (χ4v) is 5.18. The Morgan fingerprint density at radius 3 is 2.06 bits per heavy atom. The van der Waals surface area contributed by atoms with Crippen LogP contribution in [-0.4, -0.2) is 51.1 Å². The Kier molecular flexibility index (Phi) is 7.03. The highest BCUT2D eigenvalue weighted by Gasteiger charge is 2.57. The van der Waals surface area contributed by atoms with Gasteiger partial charge in [-0.3, -0.25) is 14.7 Å². The van der Waals surface area contributed by atoms with E-state index < -0.39 is 12.1 Å². The molecule has 6 heteroatoms. The van der Waals surface area contributed by atoms with Crippen LogP contribution < -0.4 is 0 Å². The monoisotopic (exact) mass is 449 g/mol. The summed E-state index contributed by atoms with van der Waals surface area (Å²) in [6.07, 6.45) is 1.70. The normalized spacial score (nSPS) is 25.2. The summed E-state index contributed by atoms with van der Waals surface area (Å²) in [5.74, 6) is 0.190. The molecule has 33 heavy (non-hydrogen) atoms. The zero-order valence-corrected chi connectivity index (χ0v) is 20.1. The summed E-state index contributed by atoms with van der Waals surface area (Å²) in [5, 5.41) is 4.17. The average Bonchev–Trinajstić information content (AvgIpc) is 3.14. The van der Waals surface area contributed by atoms with E-state index in [1.807, 2.05) is 65.7 Å². The lowest BCUT2D eigenvalue weighted by Crippen LogP contribution is -2.77. The second-order valence-corrected chi connectivity index (χ2v) is 9.67. The maximum absolute atomic E-state index is 13.6. The molecule has 2 aliphatic heterocycles. The number of rotatable bonds is 7. The highest BCUT2D eigenvalue weighted by molar-refractivity contribution is 5.92. The summed E-state index contributed by atoms with van der Waals surface area (Å²) in [7, 11) is 0. The lowest BCUT2D eigenvalue weighted by atomic mass is 9.86. The first-order valence-electron chi connectivity index (χ1n) is 12.0. The quantitative estimate of drug-likeness (QED) is 0.567. The predicted molar refractivity (Wildman–Crippen MR) is 128 cm³/mol. The first kappa shape index (κ1) is 23.3. The van der Waals surface area contributed by atoms with E-state index in [9.17, 15) is 9.59 Å². The largest absolute Gasteiger partial charge is 0.445 e. The van der Waals surface area contributed by atoms with Gasteiger partial charge in [0.25, 0.3) is 5.91 Å².